The first kappa shape index (κ1) is 14.1. The second-order valence-electron chi connectivity index (χ2n) is 4.98. The first-order valence-electron chi connectivity index (χ1n) is 6.88. The molecule has 104 valence electrons. The quantitative estimate of drug-likeness (QED) is 0.752. The van der Waals surface area contributed by atoms with Crippen LogP contribution in [0.4, 0.5) is 0 Å². The summed E-state index contributed by atoms with van der Waals surface area (Å²) < 4.78 is 5.28. The van der Waals surface area contributed by atoms with E-state index in [-0.39, 0.29) is 6.10 Å². The molecule has 1 aromatic heterocycles. The summed E-state index contributed by atoms with van der Waals surface area (Å²) in [6, 6.07) is 5.50. The average Bonchev–Trinajstić information content (AvgIpc) is 2.88. The summed E-state index contributed by atoms with van der Waals surface area (Å²) >= 11 is 0. The molecule has 0 atom stereocenters. The van der Waals surface area contributed by atoms with Gasteiger partial charge in [-0.05, 0) is 44.5 Å². The van der Waals surface area contributed by atoms with Gasteiger partial charge in [-0.25, -0.2) is 0 Å². The second kappa shape index (κ2) is 7.29. The maximum atomic E-state index is 9.41. The van der Waals surface area contributed by atoms with E-state index in [1.807, 2.05) is 12.1 Å². The van der Waals surface area contributed by atoms with Crippen LogP contribution < -0.4 is 5.32 Å². The molecule has 5 heteroatoms. The van der Waals surface area contributed by atoms with Gasteiger partial charge in [0, 0.05) is 13.1 Å². The second-order valence-corrected chi connectivity index (χ2v) is 4.98. The molecule has 5 nitrogen and oxygen atoms in total. The topological polar surface area (TPSA) is 72.4 Å². The summed E-state index contributed by atoms with van der Waals surface area (Å²) in [6.45, 7) is 4.68. The summed E-state index contributed by atoms with van der Waals surface area (Å²) in [7, 11) is 0. The smallest absolute Gasteiger partial charge is 0.203 e. The number of hydrogen-bond acceptors (Lipinski definition) is 5. The van der Waals surface area contributed by atoms with Crippen LogP contribution >= 0.6 is 0 Å². The van der Waals surface area contributed by atoms with Crippen LogP contribution in [-0.4, -0.2) is 42.3 Å². The van der Waals surface area contributed by atoms with Gasteiger partial charge in [0.15, 0.2) is 0 Å². The van der Waals surface area contributed by atoms with Crippen LogP contribution in [0.15, 0.2) is 16.5 Å². The van der Waals surface area contributed by atoms with Gasteiger partial charge < -0.3 is 19.7 Å². The lowest BCUT2D eigenvalue weighted by Crippen LogP contribution is -2.37. The summed E-state index contributed by atoms with van der Waals surface area (Å²) in [5, 5.41) is 21.4. The molecule has 1 aromatic rings. The number of hydrogen-bond donors (Lipinski definition) is 2. The van der Waals surface area contributed by atoms with Gasteiger partial charge in [-0.1, -0.05) is 0 Å². The summed E-state index contributed by atoms with van der Waals surface area (Å²) in [5.41, 5.74) is 0. The minimum Gasteiger partial charge on any atom is -0.449 e. The lowest BCUT2D eigenvalue weighted by Gasteiger charge is -2.29. The molecule has 0 spiro atoms. The zero-order valence-electron chi connectivity index (χ0n) is 11.1. The van der Waals surface area contributed by atoms with E-state index >= 15 is 0 Å². The third-order valence-electron chi connectivity index (χ3n) is 3.46. The maximum absolute atomic E-state index is 9.41. The lowest BCUT2D eigenvalue weighted by atomic mass is 10.1. The Morgan fingerprint density at radius 1 is 1.42 bits per heavy atom. The molecule has 2 heterocycles. The number of furan rings is 1. The van der Waals surface area contributed by atoms with E-state index in [0.29, 0.717) is 12.3 Å². The van der Waals surface area contributed by atoms with Crippen LogP contribution in [0.3, 0.4) is 0 Å². The molecule has 0 aromatic carbocycles. The Morgan fingerprint density at radius 2 is 2.21 bits per heavy atom. The fraction of sp³-hybridized carbons (Fsp3) is 0.643. The van der Waals surface area contributed by atoms with E-state index < -0.39 is 0 Å². The van der Waals surface area contributed by atoms with E-state index in [1.165, 1.54) is 0 Å². The Morgan fingerprint density at radius 3 is 2.89 bits per heavy atom. The predicted molar refractivity (Wildman–Crippen MR) is 71.4 cm³/mol. The van der Waals surface area contributed by atoms with Crippen molar-refractivity contribution >= 4 is 0 Å². The molecule has 2 N–H and O–H groups in total. The van der Waals surface area contributed by atoms with Gasteiger partial charge in [0.25, 0.3) is 0 Å². The van der Waals surface area contributed by atoms with Crippen LogP contribution in [0.5, 0.6) is 0 Å². The summed E-state index contributed by atoms with van der Waals surface area (Å²) in [4.78, 5) is 2.40. The monoisotopic (exact) mass is 263 g/mol. The highest BCUT2D eigenvalue weighted by atomic mass is 16.3. The van der Waals surface area contributed by atoms with Gasteiger partial charge in [0.1, 0.15) is 11.8 Å². The highest BCUT2D eigenvalue weighted by Gasteiger charge is 2.15. The molecular formula is C14H21N3O2. The molecule has 0 saturated carbocycles. The third-order valence-corrected chi connectivity index (χ3v) is 3.46. The number of piperidine rings is 1. The Hall–Kier alpha value is -1.35. The largest absolute Gasteiger partial charge is 0.449 e. The Balaban J connectivity index is 1.54. The molecule has 1 fully saturated rings. The Labute approximate surface area is 113 Å². The number of aliphatic hydroxyl groups excluding tert-OH is 1. The molecule has 1 saturated heterocycles. The standard InChI is InChI=1S/C14H21N3O2/c15-10-13-2-3-14(19-13)11-16-6-1-7-17-8-4-12(18)5-9-17/h2-3,12,16,18H,1,4-9,11H2. The van der Waals surface area contributed by atoms with E-state index in [4.69, 9.17) is 9.68 Å². The van der Waals surface area contributed by atoms with Gasteiger partial charge in [0.05, 0.1) is 12.6 Å². The number of nitrogens with zero attached hydrogens (tertiary/aromatic N) is 2. The first-order chi connectivity index (χ1) is 9.28. The van der Waals surface area contributed by atoms with Crippen LogP contribution in [0, 0.1) is 11.3 Å². The zero-order valence-corrected chi connectivity index (χ0v) is 11.1. The predicted octanol–water partition coefficient (Wildman–Crippen LogP) is 1.09. The number of nitrogens with one attached hydrogen (secondary N) is 1. The molecule has 0 aliphatic carbocycles. The van der Waals surface area contributed by atoms with Crippen molar-refractivity contribution in [2.45, 2.75) is 31.9 Å². The molecule has 19 heavy (non-hydrogen) atoms. The van der Waals surface area contributed by atoms with Crippen LogP contribution in [0.25, 0.3) is 0 Å². The van der Waals surface area contributed by atoms with Gasteiger partial charge in [-0.2, -0.15) is 5.26 Å². The molecule has 1 aliphatic rings. The van der Waals surface area contributed by atoms with Gasteiger partial charge >= 0.3 is 0 Å². The van der Waals surface area contributed by atoms with Gasteiger partial charge in [-0.15, -0.1) is 0 Å². The van der Waals surface area contributed by atoms with E-state index in [2.05, 4.69) is 10.2 Å². The molecular weight excluding hydrogens is 242 g/mol. The number of rotatable bonds is 6. The minimum absolute atomic E-state index is 0.0948. The van der Waals surface area contributed by atoms with E-state index in [0.717, 1.165) is 51.2 Å². The molecule has 2 rings (SSSR count). The SMILES string of the molecule is N#Cc1ccc(CNCCCN2CCC(O)CC2)o1. The average molecular weight is 263 g/mol. The zero-order chi connectivity index (χ0) is 13.5. The number of aliphatic hydroxyl groups is 1. The van der Waals surface area contributed by atoms with E-state index in [1.54, 1.807) is 6.07 Å². The third kappa shape index (κ3) is 4.67. The summed E-state index contributed by atoms with van der Waals surface area (Å²) in [5.74, 6) is 1.17. The molecule has 0 radical (unpaired) electrons. The fourth-order valence-corrected chi connectivity index (χ4v) is 2.32. The van der Waals surface area contributed by atoms with Crippen LogP contribution in [-0.2, 0) is 6.54 Å². The van der Waals surface area contributed by atoms with E-state index in [9.17, 15) is 5.11 Å². The van der Waals surface area contributed by atoms with Crippen molar-refractivity contribution < 1.29 is 9.52 Å². The molecule has 0 unspecified atom stereocenters. The van der Waals surface area contributed by atoms with Crippen molar-refractivity contribution in [3.63, 3.8) is 0 Å². The Bertz CT molecular complexity index is 417. The number of likely N-dealkylation sites (tertiary alicyclic amines) is 1. The van der Waals surface area contributed by atoms with Crippen molar-refractivity contribution in [2.24, 2.45) is 0 Å². The lowest BCUT2D eigenvalue weighted by molar-refractivity contribution is 0.0821. The molecule has 1 aliphatic heterocycles. The van der Waals surface area contributed by atoms with Gasteiger partial charge in [-0.3, -0.25) is 0 Å². The minimum atomic E-state index is -0.0948. The fourth-order valence-electron chi connectivity index (χ4n) is 2.32. The molecule has 0 bridgehead atoms. The van der Waals surface area contributed by atoms with Crippen LogP contribution in [0.1, 0.15) is 30.8 Å². The van der Waals surface area contributed by atoms with Crippen molar-refractivity contribution in [3.8, 4) is 6.07 Å². The Kier molecular flexibility index (Phi) is 5.40. The van der Waals surface area contributed by atoms with Crippen molar-refractivity contribution in [2.75, 3.05) is 26.2 Å². The first-order valence-corrected chi connectivity index (χ1v) is 6.88. The molecule has 0 amide bonds. The van der Waals surface area contributed by atoms with Crippen molar-refractivity contribution in [1.29, 1.82) is 5.26 Å². The van der Waals surface area contributed by atoms with Crippen LogP contribution in [0.2, 0.25) is 0 Å². The highest BCUT2D eigenvalue weighted by Crippen LogP contribution is 2.10. The maximum Gasteiger partial charge on any atom is 0.203 e. The van der Waals surface area contributed by atoms with Crippen molar-refractivity contribution in [3.05, 3.63) is 23.7 Å². The van der Waals surface area contributed by atoms with Crippen molar-refractivity contribution in [1.82, 2.24) is 10.2 Å². The normalized spacial score (nSPS) is 17.5. The number of nitriles is 1. The highest BCUT2D eigenvalue weighted by molar-refractivity contribution is 5.18. The van der Waals surface area contributed by atoms with Gasteiger partial charge in [0.2, 0.25) is 5.76 Å². The summed E-state index contributed by atoms with van der Waals surface area (Å²) in [6.07, 6.45) is 2.79.